The number of alkyl halides is 1. The minimum atomic E-state index is -0.708. The number of benzene rings is 1. The molecule has 0 saturated heterocycles. The van der Waals surface area contributed by atoms with Crippen molar-refractivity contribution in [3.8, 4) is 5.75 Å². The van der Waals surface area contributed by atoms with Crippen molar-refractivity contribution in [2.75, 3.05) is 17.7 Å². The van der Waals surface area contributed by atoms with Gasteiger partial charge < -0.3 is 15.2 Å². The molecule has 1 atom stereocenters. The number of rotatable bonds is 6. The van der Waals surface area contributed by atoms with Crippen molar-refractivity contribution >= 4 is 17.3 Å². The van der Waals surface area contributed by atoms with Gasteiger partial charge in [-0.05, 0) is 37.8 Å². The van der Waals surface area contributed by atoms with Crippen LogP contribution in [0.2, 0.25) is 0 Å². The van der Waals surface area contributed by atoms with E-state index in [1.807, 2.05) is 0 Å². The summed E-state index contributed by atoms with van der Waals surface area (Å²) in [6, 6.07) is 4.75. The second kappa shape index (κ2) is 6.96. The number of hydrogen-bond donors (Lipinski definition) is 2. The smallest absolute Gasteiger partial charge is 0.150 e. The molecule has 0 radical (unpaired) electrons. The van der Waals surface area contributed by atoms with Gasteiger partial charge in [-0.3, -0.25) is 0 Å². The normalized spacial score (nSPS) is 17.4. The Morgan fingerprint density at radius 2 is 2.16 bits per heavy atom. The summed E-state index contributed by atoms with van der Waals surface area (Å²) in [5.74, 6) is 0.242. The molecule has 0 spiro atoms. The SMILES string of the molecule is OC(CCl)CNc1c(F)cccc1OC1CCCC1. The second-order valence-electron chi connectivity index (χ2n) is 4.83. The summed E-state index contributed by atoms with van der Waals surface area (Å²) < 4.78 is 19.7. The van der Waals surface area contributed by atoms with Crippen molar-refractivity contribution < 1.29 is 14.2 Å². The van der Waals surface area contributed by atoms with Gasteiger partial charge in [0.15, 0.2) is 0 Å². The van der Waals surface area contributed by atoms with Crippen LogP contribution in [-0.2, 0) is 0 Å². The molecule has 1 aliphatic carbocycles. The molecule has 0 amide bonds. The van der Waals surface area contributed by atoms with Crippen molar-refractivity contribution in [2.24, 2.45) is 0 Å². The lowest BCUT2D eigenvalue weighted by molar-refractivity contribution is 0.206. The van der Waals surface area contributed by atoms with Gasteiger partial charge in [-0.1, -0.05) is 6.07 Å². The van der Waals surface area contributed by atoms with E-state index < -0.39 is 6.10 Å². The van der Waals surface area contributed by atoms with Crippen molar-refractivity contribution in [2.45, 2.75) is 37.9 Å². The Morgan fingerprint density at radius 3 is 2.84 bits per heavy atom. The van der Waals surface area contributed by atoms with Gasteiger partial charge in [0.2, 0.25) is 0 Å². The number of ether oxygens (including phenoxy) is 1. The third kappa shape index (κ3) is 3.98. The highest BCUT2D eigenvalue weighted by molar-refractivity contribution is 6.18. The van der Waals surface area contributed by atoms with E-state index in [2.05, 4.69) is 5.32 Å². The monoisotopic (exact) mass is 287 g/mol. The maximum Gasteiger partial charge on any atom is 0.150 e. The Balaban J connectivity index is 2.06. The second-order valence-corrected chi connectivity index (χ2v) is 5.13. The molecule has 106 valence electrons. The summed E-state index contributed by atoms with van der Waals surface area (Å²) >= 11 is 5.52. The van der Waals surface area contributed by atoms with Crippen LogP contribution < -0.4 is 10.1 Å². The van der Waals surface area contributed by atoms with Gasteiger partial charge in [-0.25, -0.2) is 4.39 Å². The molecule has 1 aromatic carbocycles. The van der Waals surface area contributed by atoms with E-state index in [1.54, 1.807) is 12.1 Å². The Bertz CT molecular complexity index is 410. The van der Waals surface area contributed by atoms with Gasteiger partial charge in [0.05, 0.1) is 18.1 Å². The highest BCUT2D eigenvalue weighted by Crippen LogP contribution is 2.31. The highest BCUT2D eigenvalue weighted by Gasteiger charge is 2.19. The third-order valence-corrected chi connectivity index (χ3v) is 3.62. The van der Waals surface area contributed by atoms with Crippen LogP contribution in [0.3, 0.4) is 0 Å². The Hall–Kier alpha value is -1.00. The Labute approximate surface area is 117 Å². The zero-order valence-corrected chi connectivity index (χ0v) is 11.5. The predicted molar refractivity (Wildman–Crippen MR) is 74.5 cm³/mol. The summed E-state index contributed by atoms with van der Waals surface area (Å²) in [6.07, 6.45) is 3.81. The number of nitrogens with one attached hydrogen (secondary N) is 1. The highest BCUT2D eigenvalue weighted by atomic mass is 35.5. The molecule has 0 heterocycles. The fourth-order valence-corrected chi connectivity index (χ4v) is 2.34. The molecule has 1 unspecified atom stereocenters. The summed E-state index contributed by atoms with van der Waals surface area (Å²) in [5.41, 5.74) is 0.304. The van der Waals surface area contributed by atoms with Crippen molar-refractivity contribution in [1.82, 2.24) is 0 Å². The van der Waals surface area contributed by atoms with Crippen molar-refractivity contribution in [1.29, 1.82) is 0 Å². The first-order valence-electron chi connectivity index (χ1n) is 6.63. The molecule has 2 N–H and O–H groups in total. The first kappa shape index (κ1) is 14.4. The molecule has 5 heteroatoms. The molecule has 1 saturated carbocycles. The van der Waals surface area contributed by atoms with Gasteiger partial charge in [0, 0.05) is 6.54 Å². The van der Waals surface area contributed by atoms with Crippen LogP contribution in [0.25, 0.3) is 0 Å². The zero-order chi connectivity index (χ0) is 13.7. The number of para-hydroxylation sites is 1. The first-order chi connectivity index (χ1) is 9.20. The van der Waals surface area contributed by atoms with Gasteiger partial charge in [0.25, 0.3) is 0 Å². The van der Waals surface area contributed by atoms with E-state index in [1.165, 1.54) is 6.07 Å². The topological polar surface area (TPSA) is 41.5 Å². The van der Waals surface area contributed by atoms with Crippen LogP contribution in [0.5, 0.6) is 5.75 Å². The van der Waals surface area contributed by atoms with Crippen LogP contribution in [0, 0.1) is 5.82 Å². The molecule has 3 nitrogen and oxygen atoms in total. The quantitative estimate of drug-likeness (QED) is 0.790. The largest absolute Gasteiger partial charge is 0.488 e. The molecule has 0 aliphatic heterocycles. The summed E-state index contributed by atoms with van der Waals surface area (Å²) in [4.78, 5) is 0. The number of aliphatic hydroxyl groups excluding tert-OH is 1. The number of anilines is 1. The van der Waals surface area contributed by atoms with Crippen LogP contribution in [0.15, 0.2) is 18.2 Å². The number of halogens is 2. The van der Waals surface area contributed by atoms with E-state index in [9.17, 15) is 9.50 Å². The first-order valence-corrected chi connectivity index (χ1v) is 7.17. The van der Waals surface area contributed by atoms with Crippen LogP contribution >= 0.6 is 11.6 Å². The summed E-state index contributed by atoms with van der Waals surface area (Å²) in [7, 11) is 0. The third-order valence-electron chi connectivity index (χ3n) is 3.26. The molecule has 1 aliphatic rings. The number of hydrogen-bond acceptors (Lipinski definition) is 3. The lowest BCUT2D eigenvalue weighted by Gasteiger charge is -2.18. The maximum absolute atomic E-state index is 13.8. The van der Waals surface area contributed by atoms with Crippen molar-refractivity contribution in [3.63, 3.8) is 0 Å². The molecule has 19 heavy (non-hydrogen) atoms. The van der Waals surface area contributed by atoms with Crippen LogP contribution in [0.1, 0.15) is 25.7 Å². The molecule has 0 bridgehead atoms. The van der Waals surface area contributed by atoms with Gasteiger partial charge in [-0.2, -0.15) is 0 Å². The number of aliphatic hydroxyl groups is 1. The standard InChI is InChI=1S/C14H19ClFNO2/c15-8-10(18)9-17-14-12(16)6-3-7-13(14)19-11-4-1-2-5-11/h3,6-7,10-11,17-18H,1-2,4-5,8-9H2. The van der Waals surface area contributed by atoms with Crippen molar-refractivity contribution in [3.05, 3.63) is 24.0 Å². The zero-order valence-electron chi connectivity index (χ0n) is 10.7. The molecular formula is C14H19ClFNO2. The fraction of sp³-hybridized carbons (Fsp3) is 0.571. The average molecular weight is 288 g/mol. The predicted octanol–water partition coefficient (Wildman–Crippen LogP) is 3.16. The van der Waals surface area contributed by atoms with Gasteiger partial charge in [0.1, 0.15) is 17.3 Å². The van der Waals surface area contributed by atoms with E-state index in [0.29, 0.717) is 11.4 Å². The minimum absolute atomic E-state index is 0.111. The van der Waals surface area contributed by atoms with E-state index in [0.717, 1.165) is 25.7 Å². The molecule has 1 fully saturated rings. The molecule has 1 aromatic rings. The van der Waals surface area contributed by atoms with E-state index in [4.69, 9.17) is 16.3 Å². The minimum Gasteiger partial charge on any atom is -0.488 e. The lowest BCUT2D eigenvalue weighted by Crippen LogP contribution is -2.22. The van der Waals surface area contributed by atoms with Gasteiger partial charge in [-0.15, -0.1) is 11.6 Å². The summed E-state index contributed by atoms with van der Waals surface area (Å²) in [6.45, 7) is 0.200. The molecule has 0 aromatic heterocycles. The van der Waals surface area contributed by atoms with Crippen LogP contribution in [-0.4, -0.2) is 29.7 Å². The average Bonchev–Trinajstić information content (AvgIpc) is 2.90. The maximum atomic E-state index is 13.8. The fourth-order valence-electron chi connectivity index (χ4n) is 2.23. The summed E-state index contributed by atoms with van der Waals surface area (Å²) in [5, 5.41) is 12.3. The van der Waals surface area contributed by atoms with E-state index in [-0.39, 0.29) is 24.3 Å². The Kier molecular flexibility index (Phi) is 5.28. The van der Waals surface area contributed by atoms with Gasteiger partial charge >= 0.3 is 0 Å². The Morgan fingerprint density at radius 1 is 1.42 bits per heavy atom. The lowest BCUT2D eigenvalue weighted by atomic mass is 10.2. The van der Waals surface area contributed by atoms with Crippen LogP contribution in [0.4, 0.5) is 10.1 Å². The van der Waals surface area contributed by atoms with E-state index >= 15 is 0 Å². The molecule has 2 rings (SSSR count). The molecular weight excluding hydrogens is 269 g/mol.